The maximum atomic E-state index is 14.7. The van der Waals surface area contributed by atoms with Crippen molar-refractivity contribution in [2.45, 2.75) is 39.2 Å². The van der Waals surface area contributed by atoms with Gasteiger partial charge in [0.1, 0.15) is 5.69 Å². The van der Waals surface area contributed by atoms with Gasteiger partial charge in [0.05, 0.1) is 53.2 Å². The van der Waals surface area contributed by atoms with E-state index < -0.39 is 23.9 Å². The van der Waals surface area contributed by atoms with Crippen LogP contribution in [0.25, 0.3) is 16.8 Å². The van der Waals surface area contributed by atoms with Crippen molar-refractivity contribution in [3.8, 4) is 16.8 Å². The topological polar surface area (TPSA) is 140 Å². The Balaban J connectivity index is 1.48. The minimum Gasteiger partial charge on any atom is -0.453 e. The van der Waals surface area contributed by atoms with E-state index in [2.05, 4.69) is 36.0 Å². The normalized spacial score (nSPS) is 16.6. The van der Waals surface area contributed by atoms with Gasteiger partial charge in [0.2, 0.25) is 5.91 Å². The number of carbonyl (C=O) groups is 3. The van der Waals surface area contributed by atoms with Crippen LogP contribution in [0.5, 0.6) is 0 Å². The third-order valence-corrected chi connectivity index (χ3v) is 7.64. The fourth-order valence-corrected chi connectivity index (χ4v) is 5.09. The second-order valence-corrected chi connectivity index (χ2v) is 10.6. The van der Waals surface area contributed by atoms with Gasteiger partial charge in [0.25, 0.3) is 5.91 Å². The van der Waals surface area contributed by atoms with E-state index >= 15 is 0 Å². The van der Waals surface area contributed by atoms with E-state index in [0.717, 1.165) is 0 Å². The van der Waals surface area contributed by atoms with Gasteiger partial charge in [-0.2, -0.15) is 15.3 Å². The number of methoxy groups -OCH3 is 1. The van der Waals surface area contributed by atoms with Crippen molar-refractivity contribution in [2.75, 3.05) is 17.7 Å². The molecule has 222 valence electrons. The van der Waals surface area contributed by atoms with Gasteiger partial charge < -0.3 is 15.4 Å². The molecule has 0 saturated carbocycles. The lowest BCUT2D eigenvalue weighted by molar-refractivity contribution is -0.119. The highest BCUT2D eigenvalue weighted by molar-refractivity contribution is 6.30. The maximum absolute atomic E-state index is 14.7. The van der Waals surface area contributed by atoms with Gasteiger partial charge in [-0.3, -0.25) is 14.9 Å². The van der Waals surface area contributed by atoms with Gasteiger partial charge in [0, 0.05) is 22.7 Å². The van der Waals surface area contributed by atoms with E-state index in [-0.39, 0.29) is 28.1 Å². The molecule has 0 saturated heterocycles. The molecule has 4 aromatic rings. The molecule has 3 amide bonds. The molecule has 0 fully saturated rings. The van der Waals surface area contributed by atoms with Crippen LogP contribution in [-0.2, 0) is 9.53 Å². The number of nitrogens with zero attached hydrogens (tertiary/aromatic N) is 4. The monoisotopic (exact) mass is 605 g/mol. The Kier molecular flexibility index (Phi) is 8.67. The molecule has 0 spiro atoms. The van der Waals surface area contributed by atoms with E-state index in [1.807, 2.05) is 6.92 Å². The summed E-state index contributed by atoms with van der Waals surface area (Å²) in [6.07, 6.45) is 3.94. The number of ether oxygens (including phenoxy) is 1. The molecule has 2 atom stereocenters. The van der Waals surface area contributed by atoms with E-state index in [1.165, 1.54) is 30.1 Å². The SMILES string of the molecule is COC(=O)Nc1ccc2c(c1)NC(=O)C(C)CCCC(NC(=O)c1cnn(-c3cccc(Cl)c3F)c1C)c1cc-2cnn1. The molecule has 2 unspecified atom stereocenters. The van der Waals surface area contributed by atoms with Crippen LogP contribution in [0.2, 0.25) is 5.02 Å². The lowest BCUT2D eigenvalue weighted by atomic mass is 9.96. The molecule has 0 aliphatic carbocycles. The molecule has 43 heavy (non-hydrogen) atoms. The number of nitrogens with one attached hydrogen (secondary N) is 3. The summed E-state index contributed by atoms with van der Waals surface area (Å²) in [5.74, 6) is -1.57. The summed E-state index contributed by atoms with van der Waals surface area (Å²) in [5, 5.41) is 21.3. The smallest absolute Gasteiger partial charge is 0.411 e. The molecule has 3 heterocycles. The molecule has 3 N–H and O–H groups in total. The summed E-state index contributed by atoms with van der Waals surface area (Å²) in [5.41, 5.74) is 3.56. The summed E-state index contributed by atoms with van der Waals surface area (Å²) in [7, 11) is 1.26. The van der Waals surface area contributed by atoms with E-state index in [0.29, 0.717) is 53.2 Å². The summed E-state index contributed by atoms with van der Waals surface area (Å²) in [4.78, 5) is 38.4. The van der Waals surface area contributed by atoms with Gasteiger partial charge in [-0.25, -0.2) is 13.9 Å². The third-order valence-electron chi connectivity index (χ3n) is 7.35. The van der Waals surface area contributed by atoms with Gasteiger partial charge in [-0.1, -0.05) is 37.1 Å². The van der Waals surface area contributed by atoms with Crippen LogP contribution < -0.4 is 16.0 Å². The number of amides is 3. The Morgan fingerprint density at radius 1 is 1.16 bits per heavy atom. The first-order valence-corrected chi connectivity index (χ1v) is 14.0. The largest absolute Gasteiger partial charge is 0.453 e. The minimum absolute atomic E-state index is 0.0504. The minimum atomic E-state index is -0.641. The van der Waals surface area contributed by atoms with Crippen molar-refractivity contribution < 1.29 is 23.5 Å². The van der Waals surface area contributed by atoms with E-state index in [1.54, 1.807) is 43.5 Å². The first-order valence-electron chi connectivity index (χ1n) is 13.6. The van der Waals surface area contributed by atoms with Crippen LogP contribution in [0.15, 0.2) is 54.9 Å². The van der Waals surface area contributed by atoms with Crippen molar-refractivity contribution in [3.63, 3.8) is 0 Å². The van der Waals surface area contributed by atoms with Crippen LogP contribution in [0.4, 0.5) is 20.6 Å². The molecule has 2 aromatic carbocycles. The van der Waals surface area contributed by atoms with Crippen molar-refractivity contribution in [3.05, 3.63) is 82.6 Å². The second kappa shape index (κ2) is 12.6. The number of aromatic nitrogens is 4. The number of carbonyl (C=O) groups excluding carboxylic acids is 3. The van der Waals surface area contributed by atoms with Gasteiger partial charge >= 0.3 is 6.09 Å². The molecule has 2 aromatic heterocycles. The van der Waals surface area contributed by atoms with Crippen LogP contribution >= 0.6 is 11.6 Å². The number of hydrogen-bond donors (Lipinski definition) is 3. The Morgan fingerprint density at radius 3 is 2.77 bits per heavy atom. The Labute approximate surface area is 251 Å². The third kappa shape index (κ3) is 6.33. The van der Waals surface area contributed by atoms with Crippen molar-refractivity contribution in [2.24, 2.45) is 5.92 Å². The molecule has 0 radical (unpaired) electrons. The predicted octanol–water partition coefficient (Wildman–Crippen LogP) is 5.84. The molecular formula is C30H29ClFN7O4. The van der Waals surface area contributed by atoms with Crippen molar-refractivity contribution >= 4 is 40.9 Å². The lowest BCUT2D eigenvalue weighted by Crippen LogP contribution is -2.30. The summed E-state index contributed by atoms with van der Waals surface area (Å²) in [6, 6.07) is 10.9. The van der Waals surface area contributed by atoms with Crippen LogP contribution in [-0.4, -0.2) is 45.0 Å². The Morgan fingerprint density at radius 2 is 1.98 bits per heavy atom. The van der Waals surface area contributed by atoms with Crippen molar-refractivity contribution in [1.29, 1.82) is 0 Å². The maximum Gasteiger partial charge on any atom is 0.411 e. The number of hydrogen-bond acceptors (Lipinski definition) is 7. The molecular weight excluding hydrogens is 577 g/mol. The summed E-state index contributed by atoms with van der Waals surface area (Å²) >= 11 is 5.95. The molecule has 2 bridgehead atoms. The van der Waals surface area contributed by atoms with E-state index in [4.69, 9.17) is 11.6 Å². The van der Waals surface area contributed by atoms with Crippen LogP contribution in [0, 0.1) is 18.7 Å². The standard InChI is InChI=1S/C30H29ClFN7O4/c1-16-6-4-8-23(36-29(41)21-15-34-39(17(21)2)26-9-5-7-22(31)27(26)32)25-12-18(14-33-38-25)20-11-10-19(35-30(42)43-3)13-24(20)37-28(16)40/h5,7,9-16,23H,4,6,8H2,1-3H3,(H,35,42)(H,36,41)(H,37,40). The molecule has 13 heteroatoms. The van der Waals surface area contributed by atoms with Crippen LogP contribution in [0.1, 0.15) is 54.0 Å². The number of halogens is 2. The highest BCUT2D eigenvalue weighted by Crippen LogP contribution is 2.34. The lowest BCUT2D eigenvalue weighted by Gasteiger charge is -2.22. The average molecular weight is 606 g/mol. The zero-order valence-corrected chi connectivity index (χ0v) is 24.4. The summed E-state index contributed by atoms with van der Waals surface area (Å²) in [6.45, 7) is 3.50. The molecule has 5 rings (SSSR count). The number of anilines is 2. The number of fused-ring (bicyclic) bond motifs is 4. The first-order chi connectivity index (χ1) is 20.7. The highest BCUT2D eigenvalue weighted by atomic mass is 35.5. The van der Waals surface area contributed by atoms with Gasteiger partial charge in [0.15, 0.2) is 5.82 Å². The molecule has 1 aliphatic rings. The van der Waals surface area contributed by atoms with Gasteiger partial charge in [-0.15, -0.1) is 0 Å². The molecule has 11 nitrogen and oxygen atoms in total. The fraction of sp³-hybridized carbons (Fsp3) is 0.267. The highest BCUT2D eigenvalue weighted by Gasteiger charge is 2.25. The fourth-order valence-electron chi connectivity index (χ4n) is 4.92. The first kappa shape index (κ1) is 29.6. The predicted molar refractivity (Wildman–Crippen MR) is 159 cm³/mol. The molecule has 1 aliphatic heterocycles. The quantitative estimate of drug-likeness (QED) is 0.265. The van der Waals surface area contributed by atoms with Crippen LogP contribution in [0.3, 0.4) is 0 Å². The van der Waals surface area contributed by atoms with Crippen molar-refractivity contribution in [1.82, 2.24) is 25.3 Å². The zero-order chi connectivity index (χ0) is 30.7. The number of benzene rings is 2. The average Bonchev–Trinajstić information content (AvgIpc) is 3.38. The Bertz CT molecular complexity index is 1710. The summed E-state index contributed by atoms with van der Waals surface area (Å²) < 4.78 is 20.7. The second-order valence-electron chi connectivity index (χ2n) is 10.2. The number of rotatable bonds is 4. The van der Waals surface area contributed by atoms with Gasteiger partial charge in [-0.05, 0) is 50.1 Å². The van der Waals surface area contributed by atoms with E-state index in [9.17, 15) is 18.8 Å². The zero-order valence-electron chi connectivity index (χ0n) is 23.6. The Hall–Kier alpha value is -4.84.